The molecule has 168 valence electrons. The molecule has 2 fully saturated rings. The van der Waals surface area contributed by atoms with Gasteiger partial charge in [-0.15, -0.1) is 0 Å². The topological polar surface area (TPSA) is 47.4 Å². The van der Waals surface area contributed by atoms with E-state index in [2.05, 4.69) is 23.3 Å². The van der Waals surface area contributed by atoms with Crippen LogP contribution in [0.2, 0.25) is 0 Å². The number of halogens is 2. The molecule has 0 spiro atoms. The van der Waals surface area contributed by atoms with Crippen LogP contribution in [0, 0.1) is 23.5 Å². The Morgan fingerprint density at radius 3 is 2.56 bits per heavy atom. The molecule has 1 saturated heterocycles. The molecule has 0 radical (unpaired) electrons. The summed E-state index contributed by atoms with van der Waals surface area (Å²) in [5.41, 5.74) is 2.89. The molecule has 0 bridgehead atoms. The molecule has 1 atom stereocenters. The SMILES string of the molecule is Cn1ncc2ccc(CC3CCC(C(=O)N4OCC[C@H]4c4cc(F)cc(F)c4)CC3)cc21. The standard InChI is InChI=1S/C25H27F2N3O2/c1-29-24-11-17(4-7-19(24)15-28-29)10-16-2-5-18(6-3-16)25(31)30-23(8-9-32-30)20-12-21(26)14-22(27)13-20/h4,7,11-16,18,23H,2-3,5-6,8-10H2,1H3/t16?,18?,23-/m0/s1. The van der Waals surface area contributed by atoms with Crippen LogP contribution in [0.3, 0.4) is 0 Å². The number of carbonyl (C=O) groups excluding carboxylic acids is 1. The molecule has 32 heavy (non-hydrogen) atoms. The Morgan fingerprint density at radius 2 is 1.81 bits per heavy atom. The molecule has 3 aromatic rings. The van der Waals surface area contributed by atoms with Gasteiger partial charge in [0.25, 0.3) is 0 Å². The van der Waals surface area contributed by atoms with Gasteiger partial charge in [0.1, 0.15) is 11.6 Å². The Balaban J connectivity index is 1.21. The van der Waals surface area contributed by atoms with Gasteiger partial charge < -0.3 is 0 Å². The Kier molecular flexibility index (Phi) is 5.67. The lowest BCUT2D eigenvalue weighted by molar-refractivity contribution is -0.183. The van der Waals surface area contributed by atoms with E-state index in [1.54, 1.807) is 0 Å². The molecule has 5 rings (SSSR count). The third-order valence-corrected chi connectivity index (χ3v) is 6.93. The number of amides is 1. The van der Waals surface area contributed by atoms with Crippen molar-refractivity contribution < 1.29 is 18.4 Å². The first-order valence-electron chi connectivity index (χ1n) is 11.3. The van der Waals surface area contributed by atoms with Gasteiger partial charge in [0, 0.05) is 30.8 Å². The molecular weight excluding hydrogens is 412 g/mol. The van der Waals surface area contributed by atoms with Crippen LogP contribution in [0.25, 0.3) is 10.9 Å². The second-order valence-corrected chi connectivity index (χ2v) is 9.09. The second-order valence-electron chi connectivity index (χ2n) is 9.09. The zero-order valence-electron chi connectivity index (χ0n) is 18.1. The second kappa shape index (κ2) is 8.62. The molecule has 1 saturated carbocycles. The Bertz CT molecular complexity index is 1120. The number of carbonyl (C=O) groups is 1. The monoisotopic (exact) mass is 439 g/mol. The molecule has 2 aliphatic rings. The fourth-order valence-corrected chi connectivity index (χ4v) is 5.20. The number of hydroxylamine groups is 2. The number of aromatic nitrogens is 2. The van der Waals surface area contributed by atoms with Crippen LogP contribution in [0.1, 0.15) is 49.3 Å². The predicted molar refractivity (Wildman–Crippen MR) is 116 cm³/mol. The third kappa shape index (κ3) is 4.13. The van der Waals surface area contributed by atoms with Crippen molar-refractivity contribution in [3.05, 3.63) is 65.4 Å². The summed E-state index contributed by atoms with van der Waals surface area (Å²) in [6.45, 7) is 0.375. The van der Waals surface area contributed by atoms with E-state index in [9.17, 15) is 13.6 Å². The summed E-state index contributed by atoms with van der Waals surface area (Å²) in [5, 5.41) is 6.82. The lowest BCUT2D eigenvalue weighted by atomic mass is 9.78. The van der Waals surface area contributed by atoms with Crippen molar-refractivity contribution in [2.75, 3.05) is 6.61 Å². The summed E-state index contributed by atoms with van der Waals surface area (Å²) in [7, 11) is 1.95. The van der Waals surface area contributed by atoms with Gasteiger partial charge in [-0.3, -0.25) is 14.3 Å². The Labute approximate surface area is 185 Å². The van der Waals surface area contributed by atoms with E-state index in [1.165, 1.54) is 22.8 Å². The van der Waals surface area contributed by atoms with Gasteiger partial charge in [0.2, 0.25) is 5.91 Å². The number of hydrogen-bond acceptors (Lipinski definition) is 3. The van der Waals surface area contributed by atoms with Crippen LogP contribution in [0.4, 0.5) is 8.78 Å². The Hall–Kier alpha value is -2.80. The van der Waals surface area contributed by atoms with Gasteiger partial charge in [0.15, 0.2) is 0 Å². The van der Waals surface area contributed by atoms with Crippen LogP contribution in [-0.4, -0.2) is 27.4 Å². The number of nitrogens with zero attached hydrogens (tertiary/aromatic N) is 3. The fraction of sp³-hybridized carbons (Fsp3) is 0.440. The van der Waals surface area contributed by atoms with Crippen molar-refractivity contribution in [1.82, 2.24) is 14.8 Å². The summed E-state index contributed by atoms with van der Waals surface area (Å²) in [4.78, 5) is 18.8. The largest absolute Gasteiger partial charge is 0.272 e. The number of aryl methyl sites for hydroxylation is 1. The minimum atomic E-state index is -0.635. The van der Waals surface area contributed by atoms with Crippen molar-refractivity contribution in [3.8, 4) is 0 Å². The van der Waals surface area contributed by atoms with Gasteiger partial charge in [-0.25, -0.2) is 13.8 Å². The maximum absolute atomic E-state index is 13.7. The first-order valence-corrected chi connectivity index (χ1v) is 11.3. The molecular formula is C25H27F2N3O2. The summed E-state index contributed by atoms with van der Waals surface area (Å²) in [6.07, 6.45) is 6.98. The maximum atomic E-state index is 13.7. The molecule has 1 aromatic heterocycles. The summed E-state index contributed by atoms with van der Waals surface area (Å²) < 4.78 is 29.3. The number of benzene rings is 2. The molecule has 2 aromatic carbocycles. The highest BCUT2D eigenvalue weighted by Crippen LogP contribution is 2.37. The van der Waals surface area contributed by atoms with E-state index in [4.69, 9.17) is 4.84 Å². The van der Waals surface area contributed by atoms with Gasteiger partial charge in [-0.2, -0.15) is 5.10 Å². The van der Waals surface area contributed by atoms with Crippen molar-refractivity contribution in [2.24, 2.45) is 18.9 Å². The minimum Gasteiger partial charge on any atom is -0.272 e. The van der Waals surface area contributed by atoms with Crippen LogP contribution in [0.5, 0.6) is 0 Å². The predicted octanol–water partition coefficient (Wildman–Crippen LogP) is 5.11. The molecule has 1 aliphatic carbocycles. The lowest BCUT2D eigenvalue weighted by Crippen LogP contribution is -2.36. The smallest absolute Gasteiger partial charge is 0.249 e. The number of rotatable bonds is 4. The van der Waals surface area contributed by atoms with Crippen molar-refractivity contribution in [1.29, 1.82) is 0 Å². The lowest BCUT2D eigenvalue weighted by Gasteiger charge is -2.32. The molecule has 0 N–H and O–H groups in total. The minimum absolute atomic E-state index is 0.0630. The molecule has 7 heteroatoms. The van der Waals surface area contributed by atoms with E-state index >= 15 is 0 Å². The van der Waals surface area contributed by atoms with Crippen LogP contribution < -0.4 is 0 Å². The fourth-order valence-electron chi connectivity index (χ4n) is 5.20. The highest BCUT2D eigenvalue weighted by atomic mass is 19.1. The molecule has 1 aliphatic heterocycles. The van der Waals surface area contributed by atoms with Crippen molar-refractivity contribution in [3.63, 3.8) is 0 Å². The van der Waals surface area contributed by atoms with Crippen LogP contribution in [0.15, 0.2) is 42.6 Å². The first kappa shape index (κ1) is 21.1. The average molecular weight is 440 g/mol. The van der Waals surface area contributed by atoms with Crippen molar-refractivity contribution in [2.45, 2.75) is 44.6 Å². The van der Waals surface area contributed by atoms with E-state index in [0.29, 0.717) is 24.5 Å². The van der Waals surface area contributed by atoms with Crippen LogP contribution >= 0.6 is 0 Å². The number of fused-ring (bicyclic) bond motifs is 1. The molecule has 5 nitrogen and oxygen atoms in total. The van der Waals surface area contributed by atoms with E-state index in [-0.39, 0.29) is 11.8 Å². The first-order chi connectivity index (χ1) is 15.5. The van der Waals surface area contributed by atoms with Crippen molar-refractivity contribution >= 4 is 16.8 Å². The van der Waals surface area contributed by atoms with Gasteiger partial charge >= 0.3 is 0 Å². The molecule has 0 unspecified atom stereocenters. The highest BCUT2D eigenvalue weighted by Gasteiger charge is 2.37. The van der Waals surface area contributed by atoms with E-state index < -0.39 is 17.7 Å². The van der Waals surface area contributed by atoms with Gasteiger partial charge in [-0.05, 0) is 67.3 Å². The summed E-state index contributed by atoms with van der Waals surface area (Å²) in [5.74, 6) is -0.901. The number of hydrogen-bond donors (Lipinski definition) is 0. The summed E-state index contributed by atoms with van der Waals surface area (Å²) >= 11 is 0. The van der Waals surface area contributed by atoms with Crippen LogP contribution in [-0.2, 0) is 23.1 Å². The quantitative estimate of drug-likeness (QED) is 0.568. The molecule has 1 amide bonds. The van der Waals surface area contributed by atoms with E-state index in [1.807, 2.05) is 17.9 Å². The maximum Gasteiger partial charge on any atom is 0.249 e. The van der Waals surface area contributed by atoms with Gasteiger partial charge in [-0.1, -0.05) is 12.1 Å². The zero-order chi connectivity index (χ0) is 22.2. The zero-order valence-corrected chi connectivity index (χ0v) is 18.1. The average Bonchev–Trinajstić information content (AvgIpc) is 3.41. The third-order valence-electron chi connectivity index (χ3n) is 6.93. The molecule has 2 heterocycles. The normalized spacial score (nSPS) is 23.7. The Morgan fingerprint density at radius 1 is 1.06 bits per heavy atom. The summed E-state index contributed by atoms with van der Waals surface area (Å²) in [6, 6.07) is 9.49. The highest BCUT2D eigenvalue weighted by molar-refractivity contribution is 5.79. The van der Waals surface area contributed by atoms with Gasteiger partial charge in [0.05, 0.1) is 24.4 Å². The van der Waals surface area contributed by atoms with E-state index in [0.717, 1.165) is 49.1 Å².